The van der Waals surface area contributed by atoms with E-state index in [1.165, 1.54) is 35.1 Å². The molecule has 2 heterocycles. The molecule has 1 aromatic carbocycles. The van der Waals surface area contributed by atoms with Gasteiger partial charge in [0, 0.05) is 24.7 Å². The molecule has 3 rings (SSSR count). The average Bonchev–Trinajstić information content (AvgIpc) is 3.02. The summed E-state index contributed by atoms with van der Waals surface area (Å²) in [6, 6.07) is 5.91. The predicted octanol–water partition coefficient (Wildman–Crippen LogP) is 0.697. The standard InChI is InChI=1S/C16H15N5O4/c1-20-9-17-16(25)21-14(20)11(8-18-21)4-7-13(22)19-12-5-2-10(3-6-12)15(23)24/h2-3,5-6,8-9H,4,7H2,1H3,(H,19,22)(H,23,24). The van der Waals surface area contributed by atoms with Crippen molar-refractivity contribution in [2.75, 3.05) is 5.32 Å². The van der Waals surface area contributed by atoms with Crippen LogP contribution in [0, 0.1) is 0 Å². The molecule has 0 spiro atoms. The van der Waals surface area contributed by atoms with Crippen molar-refractivity contribution >= 4 is 23.2 Å². The number of aryl methyl sites for hydroxylation is 2. The molecular formula is C16H15N5O4. The lowest BCUT2D eigenvalue weighted by Gasteiger charge is -2.06. The number of amides is 1. The smallest absolute Gasteiger partial charge is 0.371 e. The maximum atomic E-state index is 12.1. The molecular weight excluding hydrogens is 326 g/mol. The predicted molar refractivity (Wildman–Crippen MR) is 88.6 cm³/mol. The first-order chi connectivity index (χ1) is 12.0. The second-order valence-corrected chi connectivity index (χ2v) is 5.47. The minimum absolute atomic E-state index is 0.152. The normalized spacial score (nSPS) is 10.8. The second kappa shape index (κ2) is 6.56. The third-order valence-corrected chi connectivity index (χ3v) is 3.71. The number of hydrogen-bond acceptors (Lipinski definition) is 5. The first kappa shape index (κ1) is 16.4. The Balaban J connectivity index is 1.67. The van der Waals surface area contributed by atoms with Crippen molar-refractivity contribution in [3.8, 4) is 0 Å². The molecule has 0 aliphatic heterocycles. The quantitative estimate of drug-likeness (QED) is 0.705. The number of nitrogens with one attached hydrogen (secondary N) is 1. The van der Waals surface area contributed by atoms with E-state index in [1.54, 1.807) is 17.8 Å². The van der Waals surface area contributed by atoms with E-state index >= 15 is 0 Å². The van der Waals surface area contributed by atoms with Gasteiger partial charge in [-0.05, 0) is 30.7 Å². The maximum absolute atomic E-state index is 12.1. The van der Waals surface area contributed by atoms with Crippen LogP contribution < -0.4 is 11.0 Å². The van der Waals surface area contributed by atoms with E-state index in [2.05, 4.69) is 15.4 Å². The van der Waals surface area contributed by atoms with Gasteiger partial charge in [0.1, 0.15) is 12.0 Å². The lowest BCUT2D eigenvalue weighted by molar-refractivity contribution is -0.116. The van der Waals surface area contributed by atoms with E-state index in [4.69, 9.17) is 5.11 Å². The van der Waals surface area contributed by atoms with Crippen LogP contribution in [0.4, 0.5) is 5.69 Å². The number of aromatic carboxylic acids is 1. The van der Waals surface area contributed by atoms with Crippen LogP contribution in [0.3, 0.4) is 0 Å². The molecule has 0 fully saturated rings. The fraction of sp³-hybridized carbons (Fsp3) is 0.188. The van der Waals surface area contributed by atoms with Crippen LogP contribution in [-0.4, -0.2) is 36.1 Å². The molecule has 1 amide bonds. The molecule has 9 heteroatoms. The fourth-order valence-corrected chi connectivity index (χ4v) is 2.48. The topological polar surface area (TPSA) is 119 Å². The van der Waals surface area contributed by atoms with E-state index in [9.17, 15) is 14.4 Å². The Morgan fingerprint density at radius 3 is 2.64 bits per heavy atom. The van der Waals surface area contributed by atoms with E-state index in [0.29, 0.717) is 17.8 Å². The van der Waals surface area contributed by atoms with Crippen LogP contribution in [0.25, 0.3) is 5.65 Å². The van der Waals surface area contributed by atoms with Gasteiger partial charge in [-0.25, -0.2) is 9.59 Å². The number of nitrogens with zero attached hydrogens (tertiary/aromatic N) is 4. The molecule has 0 aliphatic rings. The average molecular weight is 341 g/mol. The number of carboxylic acids is 1. The Morgan fingerprint density at radius 2 is 1.96 bits per heavy atom. The third-order valence-electron chi connectivity index (χ3n) is 3.71. The molecule has 3 aromatic rings. The first-order valence-electron chi connectivity index (χ1n) is 7.47. The summed E-state index contributed by atoms with van der Waals surface area (Å²) >= 11 is 0. The number of aromatic nitrogens is 4. The highest BCUT2D eigenvalue weighted by molar-refractivity contribution is 5.92. The highest BCUT2D eigenvalue weighted by Gasteiger charge is 2.11. The van der Waals surface area contributed by atoms with Crippen molar-refractivity contribution in [3.63, 3.8) is 0 Å². The van der Waals surface area contributed by atoms with Gasteiger partial charge in [-0.3, -0.25) is 4.79 Å². The summed E-state index contributed by atoms with van der Waals surface area (Å²) in [6.07, 6.45) is 3.55. The van der Waals surface area contributed by atoms with Crippen molar-refractivity contribution in [2.45, 2.75) is 12.8 Å². The van der Waals surface area contributed by atoms with Gasteiger partial charge >= 0.3 is 11.7 Å². The van der Waals surface area contributed by atoms with Crippen molar-refractivity contribution in [2.24, 2.45) is 7.05 Å². The van der Waals surface area contributed by atoms with Crippen LogP contribution >= 0.6 is 0 Å². The molecule has 2 N–H and O–H groups in total. The monoisotopic (exact) mass is 341 g/mol. The van der Waals surface area contributed by atoms with Crippen molar-refractivity contribution < 1.29 is 14.7 Å². The number of carboxylic acid groups (broad SMARTS) is 1. The number of carbonyl (C=O) groups is 2. The van der Waals surface area contributed by atoms with Gasteiger partial charge in [0.2, 0.25) is 5.91 Å². The fourth-order valence-electron chi connectivity index (χ4n) is 2.48. The van der Waals surface area contributed by atoms with Gasteiger partial charge in [-0.15, -0.1) is 0 Å². The SMILES string of the molecule is Cn1cnc(=O)n2ncc(CCC(=O)Nc3ccc(C(=O)O)cc3)c12. The summed E-state index contributed by atoms with van der Waals surface area (Å²) < 4.78 is 2.87. The van der Waals surface area contributed by atoms with Gasteiger partial charge in [0.05, 0.1) is 11.8 Å². The summed E-state index contributed by atoms with van der Waals surface area (Å²) in [7, 11) is 1.75. The third kappa shape index (κ3) is 3.39. The number of carbonyl (C=O) groups excluding carboxylic acids is 1. The molecule has 0 aliphatic carbocycles. The maximum Gasteiger partial charge on any atom is 0.371 e. The number of hydrogen-bond donors (Lipinski definition) is 2. The van der Waals surface area contributed by atoms with Crippen LogP contribution in [0.1, 0.15) is 22.3 Å². The Hall–Kier alpha value is -3.49. The summed E-state index contributed by atoms with van der Waals surface area (Å²) in [5.41, 5.74) is 1.56. The molecule has 0 radical (unpaired) electrons. The molecule has 25 heavy (non-hydrogen) atoms. The molecule has 0 bridgehead atoms. The number of fused-ring (bicyclic) bond motifs is 1. The van der Waals surface area contributed by atoms with Gasteiger partial charge < -0.3 is 15.0 Å². The van der Waals surface area contributed by atoms with Gasteiger partial charge in [0.25, 0.3) is 0 Å². The van der Waals surface area contributed by atoms with Crippen molar-refractivity contribution in [1.29, 1.82) is 0 Å². The largest absolute Gasteiger partial charge is 0.478 e. The molecule has 0 saturated carbocycles. The Morgan fingerprint density at radius 1 is 1.24 bits per heavy atom. The summed E-state index contributed by atoms with van der Waals surface area (Å²) in [5.74, 6) is -1.24. The van der Waals surface area contributed by atoms with Gasteiger partial charge in [0.15, 0.2) is 0 Å². The minimum atomic E-state index is -1.02. The van der Waals surface area contributed by atoms with E-state index in [0.717, 1.165) is 5.56 Å². The Labute approximate surface area is 141 Å². The molecule has 2 aromatic heterocycles. The number of rotatable bonds is 5. The number of benzene rings is 1. The highest BCUT2D eigenvalue weighted by atomic mass is 16.4. The molecule has 0 atom stereocenters. The van der Waals surface area contributed by atoms with E-state index < -0.39 is 11.7 Å². The highest BCUT2D eigenvalue weighted by Crippen LogP contribution is 2.13. The van der Waals surface area contributed by atoms with Crippen molar-refractivity contribution in [3.05, 3.63) is 58.4 Å². The zero-order chi connectivity index (χ0) is 18.0. The van der Waals surface area contributed by atoms with Gasteiger partial charge in [-0.2, -0.15) is 14.6 Å². The zero-order valence-electron chi connectivity index (χ0n) is 13.3. The van der Waals surface area contributed by atoms with Crippen molar-refractivity contribution in [1.82, 2.24) is 19.2 Å². The van der Waals surface area contributed by atoms with E-state index in [1.807, 2.05) is 0 Å². The Bertz CT molecular complexity index is 1000. The van der Waals surface area contributed by atoms with Crippen LogP contribution in [-0.2, 0) is 18.3 Å². The van der Waals surface area contributed by atoms with Gasteiger partial charge in [-0.1, -0.05) is 0 Å². The molecule has 9 nitrogen and oxygen atoms in total. The second-order valence-electron chi connectivity index (χ2n) is 5.47. The zero-order valence-corrected chi connectivity index (χ0v) is 13.3. The van der Waals surface area contributed by atoms with Crippen LogP contribution in [0.15, 0.2) is 41.6 Å². The molecule has 0 saturated heterocycles. The van der Waals surface area contributed by atoms with Crippen LogP contribution in [0.2, 0.25) is 0 Å². The molecule has 0 unspecified atom stereocenters. The lowest BCUT2D eigenvalue weighted by atomic mass is 10.1. The summed E-state index contributed by atoms with van der Waals surface area (Å²) in [6.45, 7) is 0. The van der Waals surface area contributed by atoms with E-state index in [-0.39, 0.29) is 17.9 Å². The number of anilines is 1. The Kier molecular flexibility index (Phi) is 4.29. The summed E-state index contributed by atoms with van der Waals surface area (Å²) in [4.78, 5) is 38.2. The summed E-state index contributed by atoms with van der Waals surface area (Å²) in [5, 5.41) is 15.6. The minimum Gasteiger partial charge on any atom is -0.478 e. The van der Waals surface area contributed by atoms with Crippen LogP contribution in [0.5, 0.6) is 0 Å². The first-order valence-corrected chi connectivity index (χ1v) is 7.47. The lowest BCUT2D eigenvalue weighted by Crippen LogP contribution is -2.20. The molecule has 128 valence electrons.